The van der Waals surface area contributed by atoms with Gasteiger partial charge in [0.25, 0.3) is 5.56 Å². The molecule has 0 unspecified atom stereocenters. The SMILES string of the molecule is COc1ccc(Cn2c(=O)cc(N3CCC[C@@H](N)C3)n(Cc3cc(F)ccc3C#N)c2=O)cc1OC.O=C(O)CCC(=O)O. The molecule has 44 heavy (non-hydrogen) atoms. The van der Waals surface area contributed by atoms with Crippen LogP contribution in [0.2, 0.25) is 0 Å². The molecule has 0 aliphatic carbocycles. The zero-order valence-electron chi connectivity index (χ0n) is 24.4. The molecule has 1 atom stereocenters. The summed E-state index contributed by atoms with van der Waals surface area (Å²) in [5.74, 6) is -1.27. The average Bonchev–Trinajstić information content (AvgIpc) is 2.99. The molecule has 4 N–H and O–H groups in total. The summed E-state index contributed by atoms with van der Waals surface area (Å²) < 4.78 is 27.2. The molecule has 4 rings (SSSR count). The molecule has 234 valence electrons. The smallest absolute Gasteiger partial charge is 0.333 e. The van der Waals surface area contributed by atoms with Crippen LogP contribution in [-0.4, -0.2) is 64.6 Å². The minimum absolute atomic E-state index is 0.00786. The molecular weight excluding hydrogens is 577 g/mol. The number of nitrogens with two attached hydrogens (primary N) is 1. The van der Waals surface area contributed by atoms with Crippen molar-refractivity contribution in [3.8, 4) is 17.6 Å². The van der Waals surface area contributed by atoms with Crippen LogP contribution in [0.25, 0.3) is 0 Å². The van der Waals surface area contributed by atoms with Crippen LogP contribution in [0.4, 0.5) is 10.2 Å². The number of ether oxygens (including phenoxy) is 2. The Labute approximate surface area is 252 Å². The normalized spacial score (nSPS) is 14.2. The van der Waals surface area contributed by atoms with E-state index in [0.717, 1.165) is 17.4 Å². The van der Waals surface area contributed by atoms with Crippen LogP contribution in [-0.2, 0) is 22.7 Å². The number of methoxy groups -OCH3 is 2. The number of halogens is 1. The number of nitrogens with zero attached hydrogens (tertiary/aromatic N) is 4. The van der Waals surface area contributed by atoms with Crippen LogP contribution in [0.1, 0.15) is 42.4 Å². The summed E-state index contributed by atoms with van der Waals surface area (Å²) >= 11 is 0. The molecule has 2 aromatic carbocycles. The Balaban J connectivity index is 0.000000583. The van der Waals surface area contributed by atoms with Crippen LogP contribution in [0.5, 0.6) is 11.5 Å². The van der Waals surface area contributed by atoms with E-state index in [4.69, 9.17) is 25.4 Å². The van der Waals surface area contributed by atoms with Crippen LogP contribution in [0.3, 0.4) is 0 Å². The molecule has 2 heterocycles. The zero-order valence-corrected chi connectivity index (χ0v) is 24.4. The molecule has 13 nitrogen and oxygen atoms in total. The Morgan fingerprint density at radius 1 is 1.00 bits per heavy atom. The van der Waals surface area contributed by atoms with Gasteiger partial charge in [-0.3, -0.25) is 23.5 Å². The van der Waals surface area contributed by atoms with Crippen molar-refractivity contribution in [2.45, 2.75) is 44.8 Å². The molecule has 14 heteroatoms. The van der Waals surface area contributed by atoms with Gasteiger partial charge < -0.3 is 30.3 Å². The highest BCUT2D eigenvalue weighted by Crippen LogP contribution is 2.28. The van der Waals surface area contributed by atoms with Gasteiger partial charge in [-0.15, -0.1) is 0 Å². The first kappa shape index (κ1) is 33.3. The number of carbonyl (C=O) groups is 2. The van der Waals surface area contributed by atoms with Crippen LogP contribution >= 0.6 is 0 Å². The number of aliphatic carboxylic acids is 2. The van der Waals surface area contributed by atoms with Crippen molar-refractivity contribution in [2.75, 3.05) is 32.2 Å². The van der Waals surface area contributed by atoms with E-state index in [1.54, 1.807) is 18.2 Å². The van der Waals surface area contributed by atoms with Gasteiger partial charge in [-0.25, -0.2) is 9.18 Å². The predicted octanol–water partition coefficient (Wildman–Crippen LogP) is 2.00. The van der Waals surface area contributed by atoms with Gasteiger partial charge in [-0.1, -0.05) is 6.07 Å². The maximum Gasteiger partial charge on any atom is 0.333 e. The van der Waals surface area contributed by atoms with Gasteiger partial charge in [0.2, 0.25) is 0 Å². The summed E-state index contributed by atoms with van der Waals surface area (Å²) in [6.07, 6.45) is 1.07. The standard InChI is InChI=1S/C26H28FN5O4.C4H6O4/c1-35-22-8-5-17(10-23(22)36-2)14-32-25(33)12-24(30-9-3-4-21(29)16-30)31(26(32)34)15-19-11-20(27)7-6-18(19)13-28;5-3(6)1-2-4(7)8/h5-8,10-12,21H,3-4,9,14-16,29H2,1-2H3;1-2H2,(H,5,6)(H,7,8)/t21-;/m1./s1. The van der Waals surface area contributed by atoms with Gasteiger partial charge in [0.05, 0.1) is 51.8 Å². The maximum atomic E-state index is 14.1. The quantitative estimate of drug-likeness (QED) is 0.304. The van der Waals surface area contributed by atoms with E-state index in [1.165, 1.54) is 43.1 Å². The highest BCUT2D eigenvalue weighted by molar-refractivity contribution is 5.75. The lowest BCUT2D eigenvalue weighted by atomic mass is 10.1. The van der Waals surface area contributed by atoms with Gasteiger partial charge in [0.15, 0.2) is 11.5 Å². The van der Waals surface area contributed by atoms with Crippen molar-refractivity contribution >= 4 is 17.8 Å². The second kappa shape index (κ2) is 15.4. The topological polar surface area (TPSA) is 190 Å². The second-order valence-corrected chi connectivity index (χ2v) is 10.0. The number of piperidine rings is 1. The number of carboxylic acids is 2. The zero-order chi connectivity index (χ0) is 32.4. The van der Waals surface area contributed by atoms with Gasteiger partial charge >= 0.3 is 17.6 Å². The molecule has 1 saturated heterocycles. The van der Waals surface area contributed by atoms with Crippen LogP contribution < -0.4 is 31.4 Å². The fraction of sp³-hybridized carbons (Fsp3) is 0.367. The van der Waals surface area contributed by atoms with Crippen molar-refractivity contribution in [1.82, 2.24) is 9.13 Å². The number of aromatic nitrogens is 2. The third kappa shape index (κ3) is 8.68. The first-order chi connectivity index (χ1) is 21.0. The summed E-state index contributed by atoms with van der Waals surface area (Å²) in [5.41, 5.74) is 6.38. The lowest BCUT2D eigenvalue weighted by molar-refractivity contribution is -0.143. The Morgan fingerprint density at radius 2 is 1.68 bits per heavy atom. The molecule has 0 spiro atoms. The monoisotopic (exact) mass is 611 g/mol. The molecule has 1 fully saturated rings. The van der Waals surface area contributed by atoms with E-state index >= 15 is 0 Å². The number of anilines is 1. The predicted molar refractivity (Wildman–Crippen MR) is 158 cm³/mol. The van der Waals surface area contributed by atoms with Crippen molar-refractivity contribution in [2.24, 2.45) is 5.73 Å². The Kier molecular flexibility index (Phi) is 11.6. The van der Waals surface area contributed by atoms with Gasteiger partial charge in [-0.2, -0.15) is 5.26 Å². The summed E-state index contributed by atoms with van der Waals surface area (Å²) in [5, 5.41) is 25.3. The van der Waals surface area contributed by atoms with Crippen molar-refractivity contribution in [3.63, 3.8) is 0 Å². The van der Waals surface area contributed by atoms with Crippen molar-refractivity contribution in [1.29, 1.82) is 5.26 Å². The van der Waals surface area contributed by atoms with E-state index in [2.05, 4.69) is 0 Å². The molecule has 0 bridgehead atoms. The first-order valence-electron chi connectivity index (χ1n) is 13.7. The largest absolute Gasteiger partial charge is 0.493 e. The second-order valence-electron chi connectivity index (χ2n) is 10.0. The summed E-state index contributed by atoms with van der Waals surface area (Å²) in [7, 11) is 3.03. The Morgan fingerprint density at radius 3 is 2.27 bits per heavy atom. The van der Waals surface area contributed by atoms with Crippen molar-refractivity contribution in [3.05, 3.63) is 85.8 Å². The summed E-state index contributed by atoms with van der Waals surface area (Å²) in [6, 6.07) is 12.3. The summed E-state index contributed by atoms with van der Waals surface area (Å²) in [4.78, 5) is 48.1. The van der Waals surface area contributed by atoms with Crippen molar-refractivity contribution < 1.29 is 33.7 Å². The number of hydrogen-bond donors (Lipinski definition) is 3. The Bertz CT molecular complexity index is 1650. The first-order valence-corrected chi connectivity index (χ1v) is 13.7. The molecular formula is C30H34FN5O8. The van der Waals surface area contributed by atoms with Gasteiger partial charge in [0, 0.05) is 25.2 Å². The van der Waals surface area contributed by atoms with Gasteiger partial charge in [0.1, 0.15) is 11.6 Å². The van der Waals surface area contributed by atoms with Crippen LogP contribution in [0, 0.1) is 17.1 Å². The van der Waals surface area contributed by atoms with E-state index in [0.29, 0.717) is 41.5 Å². The summed E-state index contributed by atoms with van der Waals surface area (Å²) in [6.45, 7) is 1.02. The fourth-order valence-corrected chi connectivity index (χ4v) is 4.73. The van der Waals surface area contributed by atoms with E-state index in [1.807, 2.05) is 11.0 Å². The van der Waals surface area contributed by atoms with E-state index in [9.17, 15) is 28.8 Å². The van der Waals surface area contributed by atoms with E-state index < -0.39 is 29.0 Å². The lowest BCUT2D eigenvalue weighted by Crippen LogP contribution is -2.48. The van der Waals surface area contributed by atoms with E-state index in [-0.39, 0.29) is 37.5 Å². The molecule has 1 aliphatic rings. The Hall–Kier alpha value is -5.16. The molecule has 0 radical (unpaired) electrons. The minimum Gasteiger partial charge on any atom is -0.493 e. The third-order valence-corrected chi connectivity index (χ3v) is 6.90. The highest BCUT2D eigenvalue weighted by atomic mass is 19.1. The highest BCUT2D eigenvalue weighted by Gasteiger charge is 2.23. The molecule has 0 amide bonds. The number of carboxylic acid groups (broad SMARTS) is 2. The number of hydrogen-bond acceptors (Lipinski definition) is 9. The number of rotatable bonds is 10. The third-order valence-electron chi connectivity index (χ3n) is 6.90. The minimum atomic E-state index is -1.08. The average molecular weight is 612 g/mol. The number of nitriles is 1. The number of benzene rings is 2. The molecule has 0 saturated carbocycles. The van der Waals surface area contributed by atoms with Gasteiger partial charge in [-0.05, 0) is 54.3 Å². The molecule has 1 aromatic heterocycles. The lowest BCUT2D eigenvalue weighted by Gasteiger charge is -2.34. The van der Waals surface area contributed by atoms with Crippen LogP contribution in [0.15, 0.2) is 52.1 Å². The molecule has 1 aliphatic heterocycles. The maximum absolute atomic E-state index is 14.1. The molecule has 3 aromatic rings. The fourth-order valence-electron chi connectivity index (χ4n) is 4.73.